The molecule has 0 spiro atoms. The number of benzene rings is 3. The van der Waals surface area contributed by atoms with Crippen molar-refractivity contribution in [3.8, 4) is 22.4 Å². The van der Waals surface area contributed by atoms with E-state index in [0.717, 1.165) is 50.7 Å². The lowest BCUT2D eigenvalue weighted by Gasteiger charge is -2.11. The molecular formula is C34H35N2O+. The summed E-state index contributed by atoms with van der Waals surface area (Å²) < 4.78 is 9.04. The predicted octanol–water partition coefficient (Wildman–Crippen LogP) is 9.23. The second-order valence-corrected chi connectivity index (χ2v) is 11.0. The Hall–Kier alpha value is -3.90. The molecule has 0 saturated heterocycles. The number of pyridine rings is 1. The monoisotopic (exact) mass is 487 g/mol. The Morgan fingerprint density at radius 1 is 0.838 bits per heavy atom. The van der Waals surface area contributed by atoms with Crippen molar-refractivity contribution in [3.05, 3.63) is 94.5 Å². The fraction of sp³-hybridized carbons (Fsp3) is 0.294. The smallest absolute Gasteiger partial charge is 0.216 e. The van der Waals surface area contributed by atoms with Crippen LogP contribution in [0.2, 0.25) is 0 Å². The van der Waals surface area contributed by atoms with Gasteiger partial charge in [0, 0.05) is 35.4 Å². The Bertz CT molecular complexity index is 1680. The van der Waals surface area contributed by atoms with Crippen molar-refractivity contribution in [2.75, 3.05) is 0 Å². The number of nitrogens with zero attached hydrogens (tertiary/aromatic N) is 2. The van der Waals surface area contributed by atoms with Crippen molar-refractivity contribution < 1.29 is 8.98 Å². The zero-order chi connectivity index (χ0) is 26.4. The Labute approximate surface area is 220 Å². The molecule has 0 bridgehead atoms. The number of rotatable bonds is 5. The molecule has 5 rings (SSSR count). The summed E-state index contributed by atoms with van der Waals surface area (Å²) in [5.74, 6) is 1.04. The molecule has 3 nitrogen and oxygen atoms in total. The van der Waals surface area contributed by atoms with Crippen molar-refractivity contribution in [1.29, 1.82) is 0 Å². The first kappa shape index (κ1) is 24.8. The number of fused-ring (bicyclic) bond motifs is 3. The number of hydrogen-bond acceptors (Lipinski definition) is 1. The number of aromatic nitrogens is 1. The van der Waals surface area contributed by atoms with E-state index in [1.807, 2.05) is 12.1 Å². The van der Waals surface area contributed by atoms with Gasteiger partial charge in [0.2, 0.25) is 5.69 Å². The van der Waals surface area contributed by atoms with E-state index < -0.39 is 0 Å². The van der Waals surface area contributed by atoms with E-state index in [2.05, 4.69) is 107 Å². The molecule has 0 N–H and O–H groups in total. The SMILES string of the molecule is [C-]#[N+]c1ccc2c(oc3c(-c4cc(CC(C)C)cc(C)[n+]4C)c(C)ccc32)c1-c1ccc(C(C)C)cc1. The first-order chi connectivity index (χ1) is 17.7. The van der Waals surface area contributed by atoms with Gasteiger partial charge < -0.3 is 4.42 Å². The third-order valence-electron chi connectivity index (χ3n) is 7.49. The lowest BCUT2D eigenvalue weighted by Crippen LogP contribution is -2.35. The summed E-state index contributed by atoms with van der Waals surface area (Å²) in [4.78, 5) is 3.87. The molecule has 37 heavy (non-hydrogen) atoms. The van der Waals surface area contributed by atoms with Crippen LogP contribution in [0.4, 0.5) is 5.69 Å². The molecule has 0 aliphatic rings. The van der Waals surface area contributed by atoms with E-state index in [1.165, 1.54) is 22.4 Å². The largest absolute Gasteiger partial charge is 0.456 e. The van der Waals surface area contributed by atoms with Gasteiger partial charge in [-0.1, -0.05) is 76.2 Å². The molecule has 186 valence electrons. The van der Waals surface area contributed by atoms with E-state index in [1.54, 1.807) is 0 Å². The highest BCUT2D eigenvalue weighted by Crippen LogP contribution is 2.44. The van der Waals surface area contributed by atoms with Crippen LogP contribution in [0.15, 0.2) is 65.1 Å². The lowest BCUT2D eigenvalue weighted by molar-refractivity contribution is -0.666. The molecule has 0 aliphatic heterocycles. The number of hydrogen-bond donors (Lipinski definition) is 0. The minimum atomic E-state index is 0.456. The Balaban J connectivity index is 1.82. The zero-order valence-electron chi connectivity index (χ0n) is 22.9. The van der Waals surface area contributed by atoms with Gasteiger partial charge in [0.25, 0.3) is 0 Å². The van der Waals surface area contributed by atoms with Crippen LogP contribution < -0.4 is 4.57 Å². The third kappa shape index (κ3) is 4.31. The second-order valence-electron chi connectivity index (χ2n) is 11.0. The summed E-state index contributed by atoms with van der Waals surface area (Å²) in [6, 6.07) is 21.5. The third-order valence-corrected chi connectivity index (χ3v) is 7.49. The van der Waals surface area contributed by atoms with Gasteiger partial charge in [-0.2, -0.15) is 4.57 Å². The molecule has 2 heterocycles. The quantitative estimate of drug-likeness (QED) is 0.179. The average molecular weight is 488 g/mol. The molecule has 0 aliphatic carbocycles. The highest BCUT2D eigenvalue weighted by molar-refractivity contribution is 6.15. The molecular weight excluding hydrogens is 452 g/mol. The second kappa shape index (κ2) is 9.52. The highest BCUT2D eigenvalue weighted by atomic mass is 16.3. The van der Waals surface area contributed by atoms with Gasteiger partial charge in [0.05, 0.1) is 12.1 Å². The van der Waals surface area contributed by atoms with Gasteiger partial charge >= 0.3 is 0 Å². The van der Waals surface area contributed by atoms with Crippen molar-refractivity contribution in [3.63, 3.8) is 0 Å². The molecule has 2 aromatic heterocycles. The first-order valence-electron chi connectivity index (χ1n) is 13.2. The van der Waals surface area contributed by atoms with Crippen LogP contribution >= 0.6 is 0 Å². The summed E-state index contributed by atoms with van der Waals surface area (Å²) in [6.07, 6.45) is 1.04. The van der Waals surface area contributed by atoms with Crippen molar-refractivity contribution in [1.82, 2.24) is 0 Å². The average Bonchev–Trinajstić information content (AvgIpc) is 3.24. The van der Waals surface area contributed by atoms with E-state index in [9.17, 15) is 0 Å². The van der Waals surface area contributed by atoms with Gasteiger partial charge in [-0.3, -0.25) is 0 Å². The molecule has 0 radical (unpaired) electrons. The van der Waals surface area contributed by atoms with E-state index in [-0.39, 0.29) is 0 Å². The minimum absolute atomic E-state index is 0.456. The summed E-state index contributed by atoms with van der Waals surface area (Å²) >= 11 is 0. The standard InChI is InChI=1S/C34H35N2O/c1-20(2)17-24-18-23(6)36(8)30(19-24)31-22(5)9-14-27-28-15-16-29(35-7)32(34(28)37-33(27)31)26-12-10-25(11-13-26)21(3)4/h9-16,18-21H,17H2,1-6,8H3/q+1. The molecule has 0 fully saturated rings. The summed E-state index contributed by atoms with van der Waals surface area (Å²) in [5, 5.41) is 2.13. The Morgan fingerprint density at radius 3 is 2.11 bits per heavy atom. The van der Waals surface area contributed by atoms with Gasteiger partial charge in [-0.25, -0.2) is 4.85 Å². The van der Waals surface area contributed by atoms with Gasteiger partial charge in [-0.05, 0) is 47.4 Å². The van der Waals surface area contributed by atoms with Gasteiger partial charge in [-0.15, -0.1) is 0 Å². The van der Waals surface area contributed by atoms with Crippen LogP contribution in [0, 0.1) is 26.3 Å². The molecule has 3 heteroatoms. The summed E-state index contributed by atoms with van der Waals surface area (Å²) in [5.41, 5.74) is 11.5. The number of aryl methyl sites for hydroxylation is 2. The van der Waals surface area contributed by atoms with Crippen LogP contribution in [0.1, 0.15) is 56.0 Å². The van der Waals surface area contributed by atoms with Crippen LogP contribution in [0.3, 0.4) is 0 Å². The minimum Gasteiger partial charge on any atom is -0.456 e. The maximum atomic E-state index is 7.88. The predicted molar refractivity (Wildman–Crippen MR) is 154 cm³/mol. The fourth-order valence-electron chi connectivity index (χ4n) is 5.42. The summed E-state index contributed by atoms with van der Waals surface area (Å²) in [7, 11) is 2.13. The number of furan rings is 1. The lowest BCUT2D eigenvalue weighted by atomic mass is 9.95. The van der Waals surface area contributed by atoms with Crippen LogP contribution in [0.5, 0.6) is 0 Å². The Morgan fingerprint density at radius 2 is 1.49 bits per heavy atom. The fourth-order valence-corrected chi connectivity index (χ4v) is 5.42. The molecule has 0 unspecified atom stereocenters. The van der Waals surface area contributed by atoms with Gasteiger partial charge in [0.1, 0.15) is 18.2 Å². The molecule has 0 saturated carbocycles. The zero-order valence-corrected chi connectivity index (χ0v) is 22.9. The highest BCUT2D eigenvalue weighted by Gasteiger charge is 2.24. The van der Waals surface area contributed by atoms with Gasteiger partial charge in [0.15, 0.2) is 11.4 Å². The molecule has 3 aromatic carbocycles. The van der Waals surface area contributed by atoms with E-state index in [4.69, 9.17) is 11.0 Å². The molecule has 5 aromatic rings. The van der Waals surface area contributed by atoms with E-state index in [0.29, 0.717) is 17.5 Å². The summed E-state index contributed by atoms with van der Waals surface area (Å²) in [6.45, 7) is 21.1. The Kier molecular flexibility index (Phi) is 6.38. The van der Waals surface area contributed by atoms with Crippen molar-refractivity contribution in [2.45, 2.75) is 53.9 Å². The van der Waals surface area contributed by atoms with Crippen LogP contribution in [0.25, 0.3) is 49.2 Å². The maximum absolute atomic E-state index is 7.88. The molecule has 0 amide bonds. The molecule has 0 atom stereocenters. The van der Waals surface area contributed by atoms with E-state index >= 15 is 0 Å². The van der Waals surface area contributed by atoms with Crippen LogP contribution in [-0.4, -0.2) is 0 Å². The van der Waals surface area contributed by atoms with Crippen molar-refractivity contribution >= 4 is 27.6 Å². The first-order valence-corrected chi connectivity index (χ1v) is 13.2. The topological polar surface area (TPSA) is 21.4 Å². The van der Waals surface area contributed by atoms with Crippen LogP contribution in [-0.2, 0) is 13.5 Å². The maximum Gasteiger partial charge on any atom is 0.216 e. The van der Waals surface area contributed by atoms with Crippen molar-refractivity contribution in [2.24, 2.45) is 13.0 Å². The normalized spacial score (nSPS) is 11.7.